The standard InChI is InChI=1S/C29H26F3N3O6/c1-16(2)39-28-33-13-20(14-34-28)26-27(18-8-10-21(11-9-18)41-29(30,31)32)40-23(35-26)15-38-22-5-3-4-19(12-24(36)37)25(22)17-6-7-17/h3-5,8-11,13-14,16-17H,6-7,12,15H2,1-2H3,(H,36,37). The van der Waals surface area contributed by atoms with Gasteiger partial charge in [-0.25, -0.2) is 15.0 Å². The molecule has 0 radical (unpaired) electrons. The van der Waals surface area contributed by atoms with E-state index >= 15 is 0 Å². The molecule has 2 aromatic heterocycles. The third kappa shape index (κ3) is 7.13. The average Bonchev–Trinajstić information content (AvgIpc) is 3.65. The van der Waals surface area contributed by atoms with Gasteiger partial charge in [-0.3, -0.25) is 4.79 Å². The zero-order valence-corrected chi connectivity index (χ0v) is 22.1. The molecule has 1 fully saturated rings. The summed E-state index contributed by atoms with van der Waals surface area (Å²) in [6, 6.07) is 10.7. The SMILES string of the molecule is CC(C)Oc1ncc(-c2nc(COc3cccc(CC(=O)O)c3C3CC3)oc2-c2ccc(OC(F)(F)F)cc2)cn1. The predicted octanol–water partition coefficient (Wildman–Crippen LogP) is 6.57. The van der Waals surface area contributed by atoms with E-state index in [9.17, 15) is 23.1 Å². The first kappa shape index (κ1) is 27.9. The molecule has 1 aliphatic rings. The molecule has 0 aliphatic heterocycles. The van der Waals surface area contributed by atoms with Gasteiger partial charge in [0, 0.05) is 29.1 Å². The molecule has 1 saturated carbocycles. The van der Waals surface area contributed by atoms with Gasteiger partial charge in [0.1, 0.15) is 17.2 Å². The van der Waals surface area contributed by atoms with E-state index in [0.717, 1.165) is 18.4 Å². The number of aliphatic carboxylic acids is 1. The third-order valence-corrected chi connectivity index (χ3v) is 6.10. The van der Waals surface area contributed by atoms with Gasteiger partial charge in [-0.1, -0.05) is 12.1 Å². The van der Waals surface area contributed by atoms with Crippen molar-refractivity contribution in [3.63, 3.8) is 0 Å². The normalized spacial score (nSPS) is 13.3. The number of aromatic nitrogens is 3. The lowest BCUT2D eigenvalue weighted by molar-refractivity contribution is -0.274. The molecule has 0 bridgehead atoms. The summed E-state index contributed by atoms with van der Waals surface area (Å²) in [5, 5.41) is 9.33. The molecule has 5 rings (SSSR count). The van der Waals surface area contributed by atoms with Crippen LogP contribution in [0.3, 0.4) is 0 Å². The highest BCUT2D eigenvalue weighted by atomic mass is 19.4. The summed E-state index contributed by atoms with van der Waals surface area (Å²) in [5.74, 6) is -0.0519. The van der Waals surface area contributed by atoms with Crippen LogP contribution >= 0.6 is 0 Å². The van der Waals surface area contributed by atoms with Crippen molar-refractivity contribution in [2.45, 2.75) is 58.1 Å². The van der Waals surface area contributed by atoms with Crippen LogP contribution in [0.15, 0.2) is 59.3 Å². The summed E-state index contributed by atoms with van der Waals surface area (Å²) >= 11 is 0. The highest BCUT2D eigenvalue weighted by molar-refractivity contribution is 5.76. The van der Waals surface area contributed by atoms with Gasteiger partial charge in [-0.15, -0.1) is 13.2 Å². The topological polar surface area (TPSA) is 117 Å². The van der Waals surface area contributed by atoms with Crippen LogP contribution in [0.1, 0.15) is 49.6 Å². The first-order valence-electron chi connectivity index (χ1n) is 12.9. The number of benzene rings is 2. The van der Waals surface area contributed by atoms with E-state index in [1.165, 1.54) is 36.7 Å². The van der Waals surface area contributed by atoms with Crippen LogP contribution in [-0.4, -0.2) is 38.5 Å². The van der Waals surface area contributed by atoms with Gasteiger partial charge in [-0.05, 0) is 68.5 Å². The molecule has 1 N–H and O–H groups in total. The van der Waals surface area contributed by atoms with Crippen molar-refractivity contribution in [1.82, 2.24) is 15.0 Å². The molecule has 12 heteroatoms. The fourth-order valence-electron chi connectivity index (χ4n) is 4.34. The van der Waals surface area contributed by atoms with Crippen LogP contribution in [0, 0.1) is 0 Å². The molecule has 0 saturated heterocycles. The Kier molecular flexibility index (Phi) is 7.82. The maximum Gasteiger partial charge on any atom is 0.573 e. The van der Waals surface area contributed by atoms with Crippen molar-refractivity contribution in [3.8, 4) is 40.1 Å². The van der Waals surface area contributed by atoms with Gasteiger partial charge in [0.25, 0.3) is 0 Å². The van der Waals surface area contributed by atoms with Gasteiger partial charge in [0.2, 0.25) is 5.89 Å². The Bertz CT molecular complexity index is 1510. The average molecular weight is 570 g/mol. The molecule has 1 aliphatic carbocycles. The third-order valence-electron chi connectivity index (χ3n) is 6.10. The fourth-order valence-corrected chi connectivity index (χ4v) is 4.34. The number of oxazole rings is 1. The van der Waals surface area contributed by atoms with Crippen LogP contribution in [0.2, 0.25) is 0 Å². The van der Waals surface area contributed by atoms with E-state index in [0.29, 0.717) is 28.1 Å². The fraction of sp³-hybridized carbons (Fsp3) is 0.310. The van der Waals surface area contributed by atoms with Crippen molar-refractivity contribution >= 4 is 5.97 Å². The lowest BCUT2D eigenvalue weighted by Crippen LogP contribution is -2.16. The van der Waals surface area contributed by atoms with Crippen molar-refractivity contribution < 1.29 is 41.7 Å². The van der Waals surface area contributed by atoms with Crippen LogP contribution in [0.4, 0.5) is 13.2 Å². The van der Waals surface area contributed by atoms with E-state index in [-0.39, 0.29) is 48.5 Å². The number of ether oxygens (including phenoxy) is 3. The number of nitrogens with zero attached hydrogens (tertiary/aromatic N) is 3. The van der Waals surface area contributed by atoms with Gasteiger partial charge in [0.05, 0.1) is 12.5 Å². The molecule has 214 valence electrons. The van der Waals surface area contributed by atoms with E-state index in [1.54, 1.807) is 18.2 Å². The maximum absolute atomic E-state index is 12.6. The second kappa shape index (κ2) is 11.5. The number of alkyl halides is 3. The van der Waals surface area contributed by atoms with Gasteiger partial charge < -0.3 is 23.7 Å². The molecule has 2 aromatic carbocycles. The first-order chi connectivity index (χ1) is 19.6. The molecular formula is C29H26F3N3O6. The number of hydrogen-bond acceptors (Lipinski definition) is 8. The lowest BCUT2D eigenvalue weighted by Gasteiger charge is -2.13. The summed E-state index contributed by atoms with van der Waals surface area (Å²) in [7, 11) is 0. The summed E-state index contributed by atoms with van der Waals surface area (Å²) < 4.78 is 59.5. The zero-order valence-electron chi connectivity index (χ0n) is 22.1. The van der Waals surface area contributed by atoms with Gasteiger partial charge in [-0.2, -0.15) is 0 Å². The summed E-state index contributed by atoms with van der Waals surface area (Å²) in [4.78, 5) is 24.4. The summed E-state index contributed by atoms with van der Waals surface area (Å²) in [5.41, 5.74) is 2.86. The minimum Gasteiger partial charge on any atom is -0.484 e. The Balaban J connectivity index is 1.45. The van der Waals surface area contributed by atoms with E-state index in [1.807, 2.05) is 13.8 Å². The molecule has 4 aromatic rings. The van der Waals surface area contributed by atoms with Crippen molar-refractivity contribution in [2.75, 3.05) is 0 Å². The maximum atomic E-state index is 12.6. The number of hydrogen-bond donors (Lipinski definition) is 1. The number of halogens is 3. The number of carboxylic acid groups (broad SMARTS) is 1. The Morgan fingerprint density at radius 1 is 1.07 bits per heavy atom. The van der Waals surface area contributed by atoms with Crippen LogP contribution < -0.4 is 14.2 Å². The highest BCUT2D eigenvalue weighted by Crippen LogP contribution is 2.46. The lowest BCUT2D eigenvalue weighted by atomic mass is 9.99. The van der Waals surface area contributed by atoms with Gasteiger partial charge >= 0.3 is 18.3 Å². The second-order valence-electron chi connectivity index (χ2n) is 9.74. The number of rotatable bonds is 11. The Labute approximate surface area is 232 Å². The number of carboxylic acids is 1. The molecule has 41 heavy (non-hydrogen) atoms. The molecule has 0 spiro atoms. The quantitative estimate of drug-likeness (QED) is 0.214. The Morgan fingerprint density at radius 2 is 1.78 bits per heavy atom. The van der Waals surface area contributed by atoms with E-state index in [2.05, 4.69) is 19.7 Å². The minimum atomic E-state index is -4.82. The summed E-state index contributed by atoms with van der Waals surface area (Å²) in [6.07, 6.45) is -0.131. The van der Waals surface area contributed by atoms with E-state index in [4.69, 9.17) is 13.9 Å². The first-order valence-corrected chi connectivity index (χ1v) is 12.9. The molecule has 0 atom stereocenters. The molecule has 2 heterocycles. The van der Waals surface area contributed by atoms with Crippen LogP contribution in [-0.2, 0) is 17.8 Å². The molecule has 0 amide bonds. The van der Waals surface area contributed by atoms with Crippen LogP contribution in [0.5, 0.6) is 17.5 Å². The molecule has 0 unspecified atom stereocenters. The number of carbonyl (C=O) groups is 1. The highest BCUT2D eigenvalue weighted by Gasteiger charge is 2.32. The Hall–Kier alpha value is -4.61. The minimum absolute atomic E-state index is 0.0755. The van der Waals surface area contributed by atoms with Crippen LogP contribution in [0.25, 0.3) is 22.6 Å². The molecular weight excluding hydrogens is 543 g/mol. The smallest absolute Gasteiger partial charge is 0.484 e. The van der Waals surface area contributed by atoms with Crippen molar-refractivity contribution in [3.05, 3.63) is 71.9 Å². The Morgan fingerprint density at radius 3 is 2.39 bits per heavy atom. The van der Waals surface area contributed by atoms with Crippen molar-refractivity contribution in [1.29, 1.82) is 0 Å². The second-order valence-corrected chi connectivity index (χ2v) is 9.74. The van der Waals surface area contributed by atoms with E-state index < -0.39 is 12.3 Å². The zero-order chi connectivity index (χ0) is 29.1. The predicted molar refractivity (Wildman–Crippen MR) is 140 cm³/mol. The largest absolute Gasteiger partial charge is 0.573 e. The molecule has 9 nitrogen and oxygen atoms in total. The van der Waals surface area contributed by atoms with Crippen molar-refractivity contribution in [2.24, 2.45) is 0 Å². The van der Waals surface area contributed by atoms with Gasteiger partial charge in [0.15, 0.2) is 12.4 Å². The summed E-state index contributed by atoms with van der Waals surface area (Å²) in [6.45, 7) is 3.61. The monoisotopic (exact) mass is 569 g/mol.